The van der Waals surface area contributed by atoms with Crippen LogP contribution in [0, 0.1) is 11.3 Å². The summed E-state index contributed by atoms with van der Waals surface area (Å²) >= 11 is 12.2. The Balaban J connectivity index is 2.89. The van der Waals surface area contributed by atoms with Crippen LogP contribution in [0.1, 0.15) is 26.3 Å². The third-order valence-electron chi connectivity index (χ3n) is 3.25. The van der Waals surface area contributed by atoms with Crippen LogP contribution in [0.3, 0.4) is 0 Å². The van der Waals surface area contributed by atoms with Crippen LogP contribution in [0.25, 0.3) is 0 Å². The predicted molar refractivity (Wildman–Crippen MR) is 68.8 cm³/mol. The maximum atomic E-state index is 6.15. The smallest absolute Gasteiger partial charge is 0.0438 e. The van der Waals surface area contributed by atoms with Crippen molar-refractivity contribution >= 4 is 23.2 Å². The van der Waals surface area contributed by atoms with Crippen molar-refractivity contribution in [1.82, 2.24) is 0 Å². The molecule has 1 unspecified atom stereocenters. The topological polar surface area (TPSA) is 0 Å². The van der Waals surface area contributed by atoms with Gasteiger partial charge in [-0.15, -0.1) is 11.6 Å². The molecule has 1 rings (SSSR count). The van der Waals surface area contributed by atoms with E-state index in [9.17, 15) is 0 Å². The summed E-state index contributed by atoms with van der Waals surface area (Å²) in [7, 11) is 0. The standard InChI is InChI=1S/C13H18Cl2/c1-10(2)13(3,9-14)8-11-6-4-5-7-12(11)15/h4-7,10H,8-9H2,1-3H3. The van der Waals surface area contributed by atoms with Crippen LogP contribution in [0.2, 0.25) is 5.02 Å². The molecule has 2 heteroatoms. The van der Waals surface area contributed by atoms with Crippen LogP contribution in [-0.4, -0.2) is 5.88 Å². The molecular weight excluding hydrogens is 227 g/mol. The Hall–Kier alpha value is -0.200. The highest BCUT2D eigenvalue weighted by Gasteiger charge is 2.28. The van der Waals surface area contributed by atoms with Crippen molar-refractivity contribution in [2.24, 2.45) is 11.3 Å². The van der Waals surface area contributed by atoms with Gasteiger partial charge in [-0.1, -0.05) is 50.6 Å². The van der Waals surface area contributed by atoms with Crippen LogP contribution in [-0.2, 0) is 6.42 Å². The van der Waals surface area contributed by atoms with E-state index in [1.807, 2.05) is 18.2 Å². The molecule has 0 saturated carbocycles. The minimum atomic E-state index is 0.118. The molecule has 1 aromatic carbocycles. The van der Waals surface area contributed by atoms with Gasteiger partial charge in [0.05, 0.1) is 0 Å². The zero-order chi connectivity index (χ0) is 11.5. The summed E-state index contributed by atoms with van der Waals surface area (Å²) in [5, 5.41) is 0.842. The van der Waals surface area contributed by atoms with Crippen molar-refractivity contribution in [3.8, 4) is 0 Å². The van der Waals surface area contributed by atoms with Gasteiger partial charge in [0.25, 0.3) is 0 Å². The summed E-state index contributed by atoms with van der Waals surface area (Å²) < 4.78 is 0. The molecule has 15 heavy (non-hydrogen) atoms. The summed E-state index contributed by atoms with van der Waals surface area (Å²) in [5.41, 5.74) is 1.31. The Morgan fingerprint density at radius 1 is 1.27 bits per heavy atom. The van der Waals surface area contributed by atoms with Gasteiger partial charge < -0.3 is 0 Å². The number of hydrogen-bond donors (Lipinski definition) is 0. The average Bonchev–Trinajstić information content (AvgIpc) is 2.21. The first-order chi connectivity index (χ1) is 6.99. The first kappa shape index (κ1) is 12.9. The maximum Gasteiger partial charge on any atom is 0.0438 e. The predicted octanol–water partition coefficient (Wildman–Crippen LogP) is 4.78. The third kappa shape index (κ3) is 3.12. The SMILES string of the molecule is CC(C)C(C)(CCl)Cc1ccccc1Cl. The van der Waals surface area contributed by atoms with Gasteiger partial charge in [-0.25, -0.2) is 0 Å². The fourth-order valence-electron chi connectivity index (χ4n) is 1.48. The van der Waals surface area contributed by atoms with E-state index in [1.165, 1.54) is 5.56 Å². The quantitative estimate of drug-likeness (QED) is 0.669. The van der Waals surface area contributed by atoms with Crippen LogP contribution in [0.5, 0.6) is 0 Å². The first-order valence-corrected chi connectivity index (χ1v) is 6.20. The van der Waals surface area contributed by atoms with Crippen molar-refractivity contribution in [1.29, 1.82) is 0 Å². The lowest BCUT2D eigenvalue weighted by Gasteiger charge is -2.32. The van der Waals surface area contributed by atoms with Gasteiger partial charge >= 0.3 is 0 Å². The molecule has 0 bridgehead atoms. The summed E-state index contributed by atoms with van der Waals surface area (Å²) in [6, 6.07) is 8.00. The molecule has 0 heterocycles. The molecule has 1 atom stereocenters. The molecule has 84 valence electrons. The highest BCUT2D eigenvalue weighted by atomic mass is 35.5. The summed E-state index contributed by atoms with van der Waals surface area (Å²) in [6.07, 6.45) is 0.938. The molecule has 0 amide bonds. The highest BCUT2D eigenvalue weighted by Crippen LogP contribution is 2.34. The second-order valence-corrected chi connectivity index (χ2v) is 5.39. The molecule has 0 aromatic heterocycles. The molecule has 0 aliphatic heterocycles. The molecule has 0 N–H and O–H groups in total. The van der Waals surface area contributed by atoms with Gasteiger partial charge in [0.15, 0.2) is 0 Å². The fraction of sp³-hybridized carbons (Fsp3) is 0.538. The number of benzene rings is 1. The zero-order valence-electron chi connectivity index (χ0n) is 9.56. The van der Waals surface area contributed by atoms with Crippen LogP contribution >= 0.6 is 23.2 Å². The maximum absolute atomic E-state index is 6.15. The van der Waals surface area contributed by atoms with Crippen molar-refractivity contribution in [3.05, 3.63) is 34.9 Å². The van der Waals surface area contributed by atoms with Crippen molar-refractivity contribution in [2.75, 3.05) is 5.88 Å². The number of alkyl halides is 1. The second-order valence-electron chi connectivity index (χ2n) is 4.71. The molecule has 0 aliphatic carbocycles. The van der Waals surface area contributed by atoms with E-state index in [-0.39, 0.29) is 5.41 Å². The highest BCUT2D eigenvalue weighted by molar-refractivity contribution is 6.31. The number of halogens is 2. The fourth-order valence-corrected chi connectivity index (χ4v) is 2.09. The van der Waals surface area contributed by atoms with Crippen molar-refractivity contribution < 1.29 is 0 Å². The molecular formula is C13H18Cl2. The van der Waals surface area contributed by atoms with Crippen LogP contribution in [0.4, 0.5) is 0 Å². The minimum Gasteiger partial charge on any atom is -0.126 e. The molecule has 0 aliphatic rings. The molecule has 1 aromatic rings. The van der Waals surface area contributed by atoms with E-state index in [0.29, 0.717) is 11.8 Å². The molecule has 0 saturated heterocycles. The van der Waals surface area contributed by atoms with Crippen molar-refractivity contribution in [3.63, 3.8) is 0 Å². The minimum absolute atomic E-state index is 0.118. The van der Waals surface area contributed by atoms with Crippen LogP contribution < -0.4 is 0 Å². The monoisotopic (exact) mass is 244 g/mol. The van der Waals surface area contributed by atoms with Gasteiger partial charge in [-0.05, 0) is 29.4 Å². The molecule has 0 fully saturated rings. The Bertz CT molecular complexity index is 320. The van der Waals surface area contributed by atoms with E-state index < -0.39 is 0 Å². The van der Waals surface area contributed by atoms with Crippen LogP contribution in [0.15, 0.2) is 24.3 Å². The summed E-state index contributed by atoms with van der Waals surface area (Å²) in [4.78, 5) is 0. The Morgan fingerprint density at radius 2 is 1.87 bits per heavy atom. The third-order valence-corrected chi connectivity index (χ3v) is 4.23. The van der Waals surface area contributed by atoms with Crippen molar-refractivity contribution in [2.45, 2.75) is 27.2 Å². The lowest BCUT2D eigenvalue weighted by molar-refractivity contribution is 0.253. The lowest BCUT2D eigenvalue weighted by Crippen LogP contribution is -2.28. The summed E-state index contributed by atoms with van der Waals surface area (Å²) in [5.74, 6) is 1.21. The normalized spacial score (nSPS) is 15.3. The number of rotatable bonds is 4. The average molecular weight is 245 g/mol. The first-order valence-electron chi connectivity index (χ1n) is 5.29. The Kier molecular flexibility index (Phi) is 4.48. The largest absolute Gasteiger partial charge is 0.126 e. The van der Waals surface area contributed by atoms with Gasteiger partial charge in [-0.3, -0.25) is 0 Å². The van der Waals surface area contributed by atoms with Gasteiger partial charge in [0.2, 0.25) is 0 Å². The Labute approximate surface area is 103 Å². The van der Waals surface area contributed by atoms with Gasteiger partial charge in [0, 0.05) is 10.9 Å². The van der Waals surface area contributed by atoms with E-state index in [0.717, 1.165) is 11.4 Å². The summed E-state index contributed by atoms with van der Waals surface area (Å²) in [6.45, 7) is 6.63. The zero-order valence-corrected chi connectivity index (χ0v) is 11.1. The second kappa shape index (κ2) is 5.23. The van der Waals surface area contributed by atoms with Gasteiger partial charge in [0.1, 0.15) is 0 Å². The van der Waals surface area contributed by atoms with E-state index >= 15 is 0 Å². The lowest BCUT2D eigenvalue weighted by atomic mass is 9.76. The molecule has 0 radical (unpaired) electrons. The van der Waals surface area contributed by atoms with Gasteiger partial charge in [-0.2, -0.15) is 0 Å². The van der Waals surface area contributed by atoms with E-state index in [1.54, 1.807) is 0 Å². The number of hydrogen-bond acceptors (Lipinski definition) is 0. The van der Waals surface area contributed by atoms with E-state index in [2.05, 4.69) is 26.8 Å². The molecule has 0 spiro atoms. The Morgan fingerprint density at radius 3 is 2.33 bits per heavy atom. The van der Waals surface area contributed by atoms with E-state index in [4.69, 9.17) is 23.2 Å². The molecule has 0 nitrogen and oxygen atoms in total.